The number of benzene rings is 2. The van der Waals surface area contributed by atoms with Gasteiger partial charge in [0.1, 0.15) is 18.5 Å². The monoisotopic (exact) mass is 308 g/mol. The van der Waals surface area contributed by atoms with Gasteiger partial charge in [0.2, 0.25) is 0 Å². The Bertz CT molecular complexity index is 750. The molecule has 0 bridgehead atoms. The first-order chi connectivity index (χ1) is 11.2. The molecule has 2 aromatic carbocycles. The fourth-order valence-electron chi connectivity index (χ4n) is 2.91. The highest BCUT2D eigenvalue weighted by Gasteiger charge is 2.24. The number of ether oxygens (including phenoxy) is 2. The van der Waals surface area contributed by atoms with Crippen molar-refractivity contribution in [3.05, 3.63) is 64.9 Å². The molecule has 4 rings (SSSR count). The molecule has 2 aromatic rings. The Balaban J connectivity index is 1.70. The Morgan fingerprint density at radius 1 is 1.26 bits per heavy atom. The van der Waals surface area contributed by atoms with Crippen molar-refractivity contribution in [1.82, 2.24) is 0 Å². The fraction of sp³-hybridized carbons (Fsp3) is 0.263. The van der Waals surface area contributed by atoms with E-state index in [2.05, 4.69) is 19.1 Å². The van der Waals surface area contributed by atoms with Crippen LogP contribution in [0.15, 0.2) is 48.5 Å². The predicted octanol–water partition coefficient (Wildman–Crippen LogP) is 3.71. The van der Waals surface area contributed by atoms with Crippen molar-refractivity contribution < 1.29 is 9.47 Å². The van der Waals surface area contributed by atoms with Crippen LogP contribution in [0.3, 0.4) is 0 Å². The number of anilines is 1. The van der Waals surface area contributed by atoms with Crippen LogP contribution >= 0.6 is 0 Å². The smallest absolute Gasteiger partial charge is 0.120 e. The third kappa shape index (κ3) is 2.83. The number of fused-ring (bicyclic) bond motifs is 1. The van der Waals surface area contributed by atoms with Crippen LogP contribution in [-0.2, 0) is 4.74 Å². The van der Waals surface area contributed by atoms with Gasteiger partial charge in [-0.2, -0.15) is 0 Å². The van der Waals surface area contributed by atoms with Gasteiger partial charge in [-0.15, -0.1) is 0 Å². The topological polar surface area (TPSA) is 48.1 Å². The van der Waals surface area contributed by atoms with Crippen LogP contribution in [0.4, 0.5) is 5.69 Å². The maximum absolute atomic E-state index is 12.2. The van der Waals surface area contributed by atoms with Crippen molar-refractivity contribution in [2.24, 2.45) is 0 Å². The summed E-state index contributed by atoms with van der Waals surface area (Å²) in [6, 6.07) is 15.8. The van der Waals surface area contributed by atoms with E-state index in [9.17, 15) is 5.21 Å². The molecule has 1 saturated heterocycles. The lowest BCUT2D eigenvalue weighted by Crippen LogP contribution is -2.09. The minimum absolute atomic E-state index is 0.223. The van der Waals surface area contributed by atoms with Crippen LogP contribution in [0, 0.1) is 5.21 Å². The third-order valence-corrected chi connectivity index (χ3v) is 4.36. The van der Waals surface area contributed by atoms with Gasteiger partial charge < -0.3 is 19.7 Å². The Morgan fingerprint density at radius 3 is 2.78 bits per heavy atom. The highest BCUT2D eigenvalue weighted by atomic mass is 16.6. The average Bonchev–Trinajstić information content (AvgIpc) is 3.37. The van der Waals surface area contributed by atoms with Crippen molar-refractivity contribution in [1.29, 1.82) is 0 Å². The van der Waals surface area contributed by atoms with Crippen molar-refractivity contribution in [2.75, 3.05) is 24.8 Å². The van der Waals surface area contributed by atoms with E-state index in [1.54, 1.807) is 0 Å². The summed E-state index contributed by atoms with van der Waals surface area (Å²) >= 11 is 0. The Hall–Kier alpha value is -2.30. The standard InChI is InChI=1S/C19H18NO3/c1-13(14-5-3-2-4-6-14)18-10-20(21)19-8-7-15(9-17(18)19)22-11-16-12-23-16/h2-9,16H,10-12H2,1H3/q-1. The van der Waals surface area contributed by atoms with E-state index in [-0.39, 0.29) is 6.10 Å². The highest BCUT2D eigenvalue weighted by molar-refractivity contribution is 5.99. The number of hydrogen-bond donors (Lipinski definition) is 0. The van der Waals surface area contributed by atoms with Crippen LogP contribution in [0.2, 0.25) is 0 Å². The minimum atomic E-state index is 0.223. The maximum atomic E-state index is 12.2. The first kappa shape index (κ1) is 14.3. The van der Waals surface area contributed by atoms with E-state index in [1.807, 2.05) is 36.4 Å². The highest BCUT2D eigenvalue weighted by Crippen LogP contribution is 2.41. The summed E-state index contributed by atoms with van der Waals surface area (Å²) in [7, 11) is 0. The lowest BCUT2D eigenvalue weighted by atomic mass is 9.97. The SMILES string of the molecule is CC(=C1CN([O-])c2ccc(OCC3CO3)cc21)c1ccccc1. The molecule has 0 aromatic heterocycles. The predicted molar refractivity (Wildman–Crippen MR) is 91.3 cm³/mol. The lowest BCUT2D eigenvalue weighted by Gasteiger charge is -2.24. The van der Waals surface area contributed by atoms with E-state index in [0.717, 1.165) is 39.7 Å². The Morgan fingerprint density at radius 2 is 2.04 bits per heavy atom. The lowest BCUT2D eigenvalue weighted by molar-refractivity contribution is 0.263. The Kier molecular flexibility index (Phi) is 3.56. The van der Waals surface area contributed by atoms with Gasteiger partial charge in [-0.3, -0.25) is 0 Å². The normalized spacial score (nSPS) is 21.1. The van der Waals surface area contributed by atoms with Gasteiger partial charge in [0, 0.05) is 17.8 Å². The van der Waals surface area contributed by atoms with Gasteiger partial charge in [-0.05, 0) is 41.8 Å². The third-order valence-electron chi connectivity index (χ3n) is 4.36. The molecule has 1 unspecified atom stereocenters. The zero-order valence-electron chi connectivity index (χ0n) is 13.0. The van der Waals surface area contributed by atoms with Crippen molar-refractivity contribution in [2.45, 2.75) is 13.0 Å². The molecule has 2 aliphatic heterocycles. The van der Waals surface area contributed by atoms with Gasteiger partial charge in [-0.25, -0.2) is 0 Å². The van der Waals surface area contributed by atoms with Crippen molar-refractivity contribution in [3.63, 3.8) is 0 Å². The molecule has 2 heterocycles. The molecule has 0 saturated carbocycles. The molecule has 2 aliphatic rings. The van der Waals surface area contributed by atoms with E-state index in [0.29, 0.717) is 18.8 Å². The first-order valence-corrected chi connectivity index (χ1v) is 7.81. The molecule has 0 aliphatic carbocycles. The number of nitrogens with zero attached hydrogens (tertiary/aromatic N) is 1. The molecule has 0 N–H and O–H groups in total. The van der Waals surface area contributed by atoms with Crippen molar-refractivity contribution in [3.8, 4) is 5.75 Å². The molecule has 118 valence electrons. The van der Waals surface area contributed by atoms with Crippen LogP contribution in [-0.4, -0.2) is 25.9 Å². The van der Waals surface area contributed by atoms with Crippen LogP contribution in [0.25, 0.3) is 11.1 Å². The summed E-state index contributed by atoms with van der Waals surface area (Å²) in [5.74, 6) is 0.785. The van der Waals surface area contributed by atoms with Gasteiger partial charge in [0.25, 0.3) is 0 Å². The molecular weight excluding hydrogens is 290 g/mol. The summed E-state index contributed by atoms with van der Waals surface area (Å²) in [5, 5.41) is 13.3. The summed E-state index contributed by atoms with van der Waals surface area (Å²) in [5.41, 5.74) is 5.02. The van der Waals surface area contributed by atoms with Gasteiger partial charge in [0.15, 0.2) is 0 Å². The van der Waals surface area contributed by atoms with E-state index >= 15 is 0 Å². The second-order valence-electron chi connectivity index (χ2n) is 5.95. The molecule has 0 radical (unpaired) electrons. The number of rotatable bonds is 4. The second kappa shape index (κ2) is 5.72. The molecule has 23 heavy (non-hydrogen) atoms. The molecule has 1 fully saturated rings. The first-order valence-electron chi connectivity index (χ1n) is 7.81. The summed E-state index contributed by atoms with van der Waals surface area (Å²) in [6.07, 6.45) is 0.223. The molecule has 0 amide bonds. The van der Waals surface area contributed by atoms with Crippen LogP contribution in [0.1, 0.15) is 18.1 Å². The molecule has 1 atom stereocenters. The second-order valence-corrected chi connectivity index (χ2v) is 5.95. The fourth-order valence-corrected chi connectivity index (χ4v) is 2.91. The molecular formula is C19H18NO3-. The summed E-state index contributed by atoms with van der Waals surface area (Å²) in [6.45, 7) is 3.79. The molecule has 0 spiro atoms. The van der Waals surface area contributed by atoms with E-state index < -0.39 is 0 Å². The number of hydroxylamine groups is 1. The number of hydrogen-bond acceptors (Lipinski definition) is 4. The quantitative estimate of drug-likeness (QED) is 0.808. The van der Waals surface area contributed by atoms with Crippen LogP contribution in [0.5, 0.6) is 5.75 Å². The van der Waals surface area contributed by atoms with Gasteiger partial charge >= 0.3 is 0 Å². The maximum Gasteiger partial charge on any atom is 0.120 e. The van der Waals surface area contributed by atoms with Gasteiger partial charge in [0.05, 0.1) is 6.61 Å². The van der Waals surface area contributed by atoms with E-state index in [1.165, 1.54) is 0 Å². The molecule has 4 nitrogen and oxygen atoms in total. The van der Waals surface area contributed by atoms with Gasteiger partial charge in [-0.1, -0.05) is 30.3 Å². The zero-order valence-corrected chi connectivity index (χ0v) is 13.0. The average molecular weight is 308 g/mol. The number of epoxide rings is 1. The van der Waals surface area contributed by atoms with E-state index in [4.69, 9.17) is 9.47 Å². The molecule has 4 heteroatoms. The summed E-state index contributed by atoms with van der Waals surface area (Å²) in [4.78, 5) is 0. The van der Waals surface area contributed by atoms with Crippen LogP contribution < -0.4 is 9.80 Å². The largest absolute Gasteiger partial charge is 0.758 e. The number of allylic oxidation sites excluding steroid dienone is 1. The minimum Gasteiger partial charge on any atom is -0.758 e. The Labute approximate surface area is 135 Å². The zero-order chi connectivity index (χ0) is 15.8. The summed E-state index contributed by atoms with van der Waals surface area (Å²) < 4.78 is 10.9. The van der Waals surface area contributed by atoms with Crippen molar-refractivity contribution >= 4 is 16.8 Å².